The Morgan fingerprint density at radius 1 is 1.21 bits per heavy atom. The maximum Gasteiger partial charge on any atom is 0.138 e. The van der Waals surface area contributed by atoms with Gasteiger partial charge in [-0.2, -0.15) is 0 Å². The van der Waals surface area contributed by atoms with Crippen LogP contribution in [0, 0.1) is 12.8 Å². The van der Waals surface area contributed by atoms with E-state index in [1.807, 2.05) is 19.2 Å². The summed E-state index contributed by atoms with van der Waals surface area (Å²) in [4.78, 5) is 13.9. The number of nitrogens with zero attached hydrogens (tertiary/aromatic N) is 3. The number of pyridine rings is 1. The molecule has 1 aliphatic rings. The molecule has 5 nitrogen and oxygen atoms in total. The van der Waals surface area contributed by atoms with Crippen molar-refractivity contribution in [1.29, 1.82) is 0 Å². The van der Waals surface area contributed by atoms with Crippen LogP contribution in [-0.4, -0.2) is 28.2 Å². The first kappa shape index (κ1) is 19.3. The number of fused-ring (bicyclic) bond motifs is 1. The van der Waals surface area contributed by atoms with Crippen molar-refractivity contribution in [2.75, 3.05) is 18.5 Å². The third-order valence-corrected chi connectivity index (χ3v) is 5.78. The van der Waals surface area contributed by atoms with Gasteiger partial charge in [0.2, 0.25) is 0 Å². The van der Waals surface area contributed by atoms with Crippen LogP contribution in [0.25, 0.3) is 10.9 Å². The zero-order valence-electron chi connectivity index (χ0n) is 16.3. The lowest BCUT2D eigenvalue weighted by molar-refractivity contribution is 0.0663. The number of anilines is 1. The molecular formula is C22H25BrN4O. The quantitative estimate of drug-likeness (QED) is 0.587. The average Bonchev–Trinajstić information content (AvgIpc) is 2.69. The van der Waals surface area contributed by atoms with Crippen LogP contribution in [0.1, 0.15) is 42.9 Å². The SMILES string of the molecule is Cc1nc(N[C@H](C)c2cccc(Br)c2)c2cc(CC3CCOCC3)ncc2n1. The predicted molar refractivity (Wildman–Crippen MR) is 115 cm³/mol. The van der Waals surface area contributed by atoms with E-state index in [1.165, 1.54) is 5.56 Å². The number of halogens is 1. The number of nitrogens with one attached hydrogen (secondary N) is 1. The summed E-state index contributed by atoms with van der Waals surface area (Å²) in [6.45, 7) is 5.79. The van der Waals surface area contributed by atoms with Gasteiger partial charge in [0.25, 0.3) is 0 Å². The van der Waals surface area contributed by atoms with Crippen molar-refractivity contribution in [3.05, 3.63) is 58.1 Å². The van der Waals surface area contributed by atoms with Gasteiger partial charge in [-0.1, -0.05) is 28.1 Å². The standard InChI is InChI=1S/C22H25BrN4O/c1-14(17-4-3-5-18(23)11-17)25-22-20-12-19(10-16-6-8-28-9-7-16)24-13-21(20)26-15(2)27-22/h3-5,11-14,16H,6-10H2,1-2H3,(H,25,26,27)/t14-/m1/s1. The number of aromatic nitrogens is 3. The van der Waals surface area contributed by atoms with Crippen LogP contribution in [0.4, 0.5) is 5.82 Å². The highest BCUT2D eigenvalue weighted by Crippen LogP contribution is 2.27. The molecule has 6 heteroatoms. The van der Waals surface area contributed by atoms with E-state index in [-0.39, 0.29) is 6.04 Å². The van der Waals surface area contributed by atoms with E-state index in [0.29, 0.717) is 5.92 Å². The zero-order valence-corrected chi connectivity index (χ0v) is 17.9. The molecule has 1 atom stereocenters. The van der Waals surface area contributed by atoms with Gasteiger partial charge in [0.1, 0.15) is 11.6 Å². The smallest absolute Gasteiger partial charge is 0.138 e. The molecule has 0 radical (unpaired) electrons. The molecule has 0 bridgehead atoms. The Balaban J connectivity index is 1.63. The predicted octanol–water partition coefficient (Wildman–Crippen LogP) is 5.24. The fourth-order valence-corrected chi connectivity index (χ4v) is 4.14. The number of aryl methyl sites for hydroxylation is 1. The molecule has 1 fully saturated rings. The molecule has 3 aromatic rings. The van der Waals surface area contributed by atoms with E-state index in [0.717, 1.165) is 65.2 Å². The van der Waals surface area contributed by atoms with Crippen LogP contribution < -0.4 is 5.32 Å². The zero-order chi connectivity index (χ0) is 19.5. The number of hydrogen-bond acceptors (Lipinski definition) is 5. The Morgan fingerprint density at radius 3 is 2.82 bits per heavy atom. The Kier molecular flexibility index (Phi) is 5.87. The van der Waals surface area contributed by atoms with Crippen LogP contribution in [0.3, 0.4) is 0 Å². The third kappa shape index (κ3) is 4.50. The van der Waals surface area contributed by atoms with E-state index >= 15 is 0 Å². The van der Waals surface area contributed by atoms with Crippen LogP contribution in [-0.2, 0) is 11.2 Å². The molecule has 146 valence electrons. The maximum absolute atomic E-state index is 5.48. The summed E-state index contributed by atoms with van der Waals surface area (Å²) in [5, 5.41) is 4.61. The van der Waals surface area contributed by atoms with Gasteiger partial charge in [0, 0.05) is 28.8 Å². The summed E-state index contributed by atoms with van der Waals surface area (Å²) in [6, 6.07) is 10.6. The van der Waals surface area contributed by atoms with Gasteiger partial charge in [0.05, 0.1) is 17.8 Å². The summed E-state index contributed by atoms with van der Waals surface area (Å²) in [7, 11) is 0. The molecule has 28 heavy (non-hydrogen) atoms. The van der Waals surface area contributed by atoms with Gasteiger partial charge in [-0.25, -0.2) is 9.97 Å². The Morgan fingerprint density at radius 2 is 2.04 bits per heavy atom. The molecule has 2 aromatic heterocycles. The fourth-order valence-electron chi connectivity index (χ4n) is 3.72. The summed E-state index contributed by atoms with van der Waals surface area (Å²) in [5.74, 6) is 2.25. The second-order valence-corrected chi connectivity index (χ2v) is 8.41. The summed E-state index contributed by atoms with van der Waals surface area (Å²) >= 11 is 3.55. The number of ether oxygens (including phenoxy) is 1. The molecule has 0 amide bonds. The maximum atomic E-state index is 5.48. The summed E-state index contributed by atoms with van der Waals surface area (Å²) in [5.41, 5.74) is 3.19. The van der Waals surface area contributed by atoms with Crippen LogP contribution in [0.15, 0.2) is 41.0 Å². The molecule has 0 unspecified atom stereocenters. The first-order chi connectivity index (χ1) is 13.6. The second kappa shape index (κ2) is 8.53. The topological polar surface area (TPSA) is 59.9 Å². The lowest BCUT2D eigenvalue weighted by atomic mass is 9.94. The first-order valence-corrected chi connectivity index (χ1v) is 10.6. The minimum Gasteiger partial charge on any atom is -0.381 e. The largest absolute Gasteiger partial charge is 0.381 e. The highest BCUT2D eigenvalue weighted by atomic mass is 79.9. The van der Waals surface area contributed by atoms with Gasteiger partial charge in [-0.3, -0.25) is 4.98 Å². The Hall–Kier alpha value is -2.05. The van der Waals surface area contributed by atoms with Crippen molar-refractivity contribution >= 4 is 32.7 Å². The number of rotatable bonds is 5. The van der Waals surface area contributed by atoms with E-state index < -0.39 is 0 Å². The Bertz CT molecular complexity index is 972. The molecular weight excluding hydrogens is 416 g/mol. The molecule has 1 saturated heterocycles. The van der Waals surface area contributed by atoms with Crippen molar-refractivity contribution in [1.82, 2.24) is 15.0 Å². The normalized spacial score (nSPS) is 16.2. The number of benzene rings is 1. The van der Waals surface area contributed by atoms with Gasteiger partial charge < -0.3 is 10.1 Å². The van der Waals surface area contributed by atoms with Gasteiger partial charge in [0.15, 0.2) is 0 Å². The van der Waals surface area contributed by atoms with Gasteiger partial charge in [-0.15, -0.1) is 0 Å². The van der Waals surface area contributed by atoms with Crippen LogP contribution >= 0.6 is 15.9 Å². The highest BCUT2D eigenvalue weighted by Gasteiger charge is 2.17. The molecule has 0 saturated carbocycles. The minimum atomic E-state index is 0.127. The average molecular weight is 441 g/mol. The van der Waals surface area contributed by atoms with Crippen molar-refractivity contribution in [3.63, 3.8) is 0 Å². The fraction of sp³-hybridized carbons (Fsp3) is 0.409. The molecule has 3 heterocycles. The monoisotopic (exact) mass is 440 g/mol. The van der Waals surface area contributed by atoms with E-state index in [1.54, 1.807) is 0 Å². The molecule has 4 rings (SSSR count). The van der Waals surface area contributed by atoms with Crippen LogP contribution in [0.2, 0.25) is 0 Å². The van der Waals surface area contributed by atoms with E-state index in [9.17, 15) is 0 Å². The summed E-state index contributed by atoms with van der Waals surface area (Å²) in [6.07, 6.45) is 5.08. The van der Waals surface area contributed by atoms with Crippen molar-refractivity contribution in [2.24, 2.45) is 5.92 Å². The van der Waals surface area contributed by atoms with Crippen molar-refractivity contribution in [3.8, 4) is 0 Å². The van der Waals surface area contributed by atoms with E-state index in [2.05, 4.69) is 62.4 Å². The van der Waals surface area contributed by atoms with Crippen molar-refractivity contribution < 1.29 is 4.74 Å². The minimum absolute atomic E-state index is 0.127. The van der Waals surface area contributed by atoms with E-state index in [4.69, 9.17) is 9.72 Å². The molecule has 0 spiro atoms. The van der Waals surface area contributed by atoms with Gasteiger partial charge >= 0.3 is 0 Å². The summed E-state index contributed by atoms with van der Waals surface area (Å²) < 4.78 is 6.55. The van der Waals surface area contributed by atoms with Gasteiger partial charge in [-0.05, 0) is 62.8 Å². The second-order valence-electron chi connectivity index (χ2n) is 7.49. The highest BCUT2D eigenvalue weighted by molar-refractivity contribution is 9.10. The molecule has 1 aromatic carbocycles. The molecule has 0 aliphatic carbocycles. The lowest BCUT2D eigenvalue weighted by Crippen LogP contribution is -2.18. The molecule has 1 aliphatic heterocycles. The van der Waals surface area contributed by atoms with Crippen LogP contribution in [0.5, 0.6) is 0 Å². The first-order valence-electron chi connectivity index (χ1n) is 9.81. The Labute approximate surface area is 174 Å². The van der Waals surface area contributed by atoms with Crippen molar-refractivity contribution in [2.45, 2.75) is 39.2 Å². The number of hydrogen-bond donors (Lipinski definition) is 1. The lowest BCUT2D eigenvalue weighted by Gasteiger charge is -2.22. The third-order valence-electron chi connectivity index (χ3n) is 5.29. The molecule has 1 N–H and O–H groups in total.